The second-order valence-electron chi connectivity index (χ2n) is 5.38. The molecule has 19 heavy (non-hydrogen) atoms. The lowest BCUT2D eigenvalue weighted by Crippen LogP contribution is -2.17. The van der Waals surface area contributed by atoms with Gasteiger partial charge in [-0.15, -0.1) is 0 Å². The van der Waals surface area contributed by atoms with E-state index in [-0.39, 0.29) is 0 Å². The molecular formula is C15H20N4. The van der Waals surface area contributed by atoms with Crippen molar-refractivity contribution in [2.45, 2.75) is 32.1 Å². The summed E-state index contributed by atoms with van der Waals surface area (Å²) >= 11 is 0. The van der Waals surface area contributed by atoms with E-state index in [1.54, 1.807) is 6.33 Å². The van der Waals surface area contributed by atoms with Crippen LogP contribution in [0.2, 0.25) is 0 Å². The zero-order valence-electron chi connectivity index (χ0n) is 11.1. The smallest absolute Gasteiger partial charge is 0.137 e. The first-order chi connectivity index (χ1) is 9.33. The van der Waals surface area contributed by atoms with Crippen molar-refractivity contribution in [3.8, 4) is 0 Å². The molecule has 0 saturated heterocycles. The van der Waals surface area contributed by atoms with Gasteiger partial charge in [-0.3, -0.25) is 0 Å². The number of hydrogen-bond donors (Lipinski definition) is 2. The SMILES string of the molecule is Nc1ccc2ncnc(NCC3CCCCC3)c2c1. The van der Waals surface area contributed by atoms with Crippen LogP contribution in [0.4, 0.5) is 11.5 Å². The maximum absolute atomic E-state index is 5.85. The van der Waals surface area contributed by atoms with Crippen LogP contribution in [0.15, 0.2) is 24.5 Å². The highest BCUT2D eigenvalue weighted by molar-refractivity contribution is 5.91. The summed E-state index contributed by atoms with van der Waals surface area (Å²) < 4.78 is 0. The van der Waals surface area contributed by atoms with Gasteiger partial charge in [0.25, 0.3) is 0 Å². The first-order valence-electron chi connectivity index (χ1n) is 7.07. The molecule has 0 atom stereocenters. The summed E-state index contributed by atoms with van der Waals surface area (Å²) in [7, 11) is 0. The van der Waals surface area contributed by atoms with Crippen LogP contribution in [0.3, 0.4) is 0 Å². The van der Waals surface area contributed by atoms with E-state index in [0.717, 1.165) is 34.9 Å². The van der Waals surface area contributed by atoms with Crippen LogP contribution in [-0.4, -0.2) is 16.5 Å². The maximum atomic E-state index is 5.85. The van der Waals surface area contributed by atoms with Crippen molar-refractivity contribution in [2.75, 3.05) is 17.6 Å². The third-order valence-electron chi connectivity index (χ3n) is 3.94. The first kappa shape index (κ1) is 12.2. The van der Waals surface area contributed by atoms with Crippen LogP contribution in [0, 0.1) is 5.92 Å². The standard InChI is InChI=1S/C15H20N4/c16-12-6-7-14-13(8-12)15(19-10-18-14)17-9-11-4-2-1-3-5-11/h6-8,10-11H,1-5,9,16H2,(H,17,18,19). The summed E-state index contributed by atoms with van der Waals surface area (Å²) in [6, 6.07) is 5.76. The number of nitrogens with one attached hydrogen (secondary N) is 1. The molecule has 1 saturated carbocycles. The van der Waals surface area contributed by atoms with Gasteiger partial charge in [0.05, 0.1) is 5.52 Å². The fourth-order valence-corrected chi connectivity index (χ4v) is 2.85. The molecule has 4 heteroatoms. The number of hydrogen-bond acceptors (Lipinski definition) is 4. The summed E-state index contributed by atoms with van der Waals surface area (Å²) in [6.45, 7) is 1.00. The Morgan fingerprint density at radius 1 is 1.16 bits per heavy atom. The molecular weight excluding hydrogens is 236 g/mol. The van der Waals surface area contributed by atoms with Crippen molar-refractivity contribution in [2.24, 2.45) is 5.92 Å². The predicted octanol–water partition coefficient (Wildman–Crippen LogP) is 3.20. The maximum Gasteiger partial charge on any atom is 0.137 e. The number of anilines is 2. The normalized spacial score (nSPS) is 16.6. The molecule has 0 bridgehead atoms. The number of nitrogen functional groups attached to an aromatic ring is 1. The van der Waals surface area contributed by atoms with E-state index in [2.05, 4.69) is 15.3 Å². The Labute approximate surface area is 113 Å². The van der Waals surface area contributed by atoms with Crippen molar-refractivity contribution >= 4 is 22.4 Å². The molecule has 2 aromatic rings. The molecule has 1 aromatic carbocycles. The number of benzene rings is 1. The average molecular weight is 256 g/mol. The van der Waals surface area contributed by atoms with Gasteiger partial charge < -0.3 is 11.1 Å². The second-order valence-corrected chi connectivity index (χ2v) is 5.38. The van der Waals surface area contributed by atoms with Gasteiger partial charge in [-0.2, -0.15) is 0 Å². The summed E-state index contributed by atoms with van der Waals surface area (Å²) in [6.07, 6.45) is 8.40. The third kappa shape index (κ3) is 2.78. The lowest BCUT2D eigenvalue weighted by atomic mass is 9.89. The van der Waals surface area contributed by atoms with Gasteiger partial charge in [0, 0.05) is 17.6 Å². The van der Waals surface area contributed by atoms with E-state index in [1.165, 1.54) is 32.1 Å². The Balaban J connectivity index is 1.78. The molecule has 0 aliphatic heterocycles. The molecule has 1 fully saturated rings. The Morgan fingerprint density at radius 2 is 2.00 bits per heavy atom. The van der Waals surface area contributed by atoms with Crippen molar-refractivity contribution in [3.05, 3.63) is 24.5 Å². The van der Waals surface area contributed by atoms with Crippen LogP contribution in [0.5, 0.6) is 0 Å². The van der Waals surface area contributed by atoms with Gasteiger partial charge in [0.1, 0.15) is 12.1 Å². The van der Waals surface area contributed by atoms with E-state index < -0.39 is 0 Å². The van der Waals surface area contributed by atoms with Gasteiger partial charge in [0.15, 0.2) is 0 Å². The Bertz CT molecular complexity index is 561. The van der Waals surface area contributed by atoms with Gasteiger partial charge in [-0.1, -0.05) is 19.3 Å². The lowest BCUT2D eigenvalue weighted by Gasteiger charge is -2.22. The van der Waals surface area contributed by atoms with Gasteiger partial charge in [-0.25, -0.2) is 9.97 Å². The Morgan fingerprint density at radius 3 is 2.84 bits per heavy atom. The molecule has 0 spiro atoms. The predicted molar refractivity (Wildman–Crippen MR) is 79.0 cm³/mol. The molecule has 0 radical (unpaired) electrons. The second kappa shape index (κ2) is 5.43. The minimum Gasteiger partial charge on any atom is -0.399 e. The van der Waals surface area contributed by atoms with Crippen LogP contribution < -0.4 is 11.1 Å². The average Bonchev–Trinajstić information content (AvgIpc) is 2.46. The van der Waals surface area contributed by atoms with Crippen LogP contribution >= 0.6 is 0 Å². The number of rotatable bonds is 3. The topological polar surface area (TPSA) is 63.8 Å². The number of aromatic nitrogens is 2. The van der Waals surface area contributed by atoms with Gasteiger partial charge in [-0.05, 0) is 37.0 Å². The molecule has 1 heterocycles. The van der Waals surface area contributed by atoms with Gasteiger partial charge in [0.2, 0.25) is 0 Å². The molecule has 1 aromatic heterocycles. The summed E-state index contributed by atoms with van der Waals surface area (Å²) in [5, 5.41) is 4.49. The fraction of sp³-hybridized carbons (Fsp3) is 0.467. The largest absolute Gasteiger partial charge is 0.399 e. The zero-order valence-corrected chi connectivity index (χ0v) is 11.1. The minimum atomic E-state index is 0.753. The van der Waals surface area contributed by atoms with Crippen molar-refractivity contribution < 1.29 is 0 Å². The summed E-state index contributed by atoms with van der Waals surface area (Å²) in [5.41, 5.74) is 7.54. The van der Waals surface area contributed by atoms with E-state index >= 15 is 0 Å². The Hall–Kier alpha value is -1.84. The van der Waals surface area contributed by atoms with Crippen LogP contribution in [0.1, 0.15) is 32.1 Å². The van der Waals surface area contributed by atoms with E-state index in [0.29, 0.717) is 0 Å². The molecule has 0 unspecified atom stereocenters. The molecule has 3 rings (SSSR count). The number of nitrogens with zero attached hydrogens (tertiary/aromatic N) is 2. The highest BCUT2D eigenvalue weighted by Gasteiger charge is 2.13. The highest BCUT2D eigenvalue weighted by atomic mass is 15.0. The molecule has 100 valence electrons. The van der Waals surface area contributed by atoms with Crippen LogP contribution in [0.25, 0.3) is 10.9 Å². The highest BCUT2D eigenvalue weighted by Crippen LogP contribution is 2.26. The zero-order chi connectivity index (χ0) is 13.1. The van der Waals surface area contributed by atoms with Crippen LogP contribution in [-0.2, 0) is 0 Å². The Kier molecular flexibility index (Phi) is 3.49. The molecule has 3 N–H and O–H groups in total. The summed E-state index contributed by atoms with van der Waals surface area (Å²) in [5.74, 6) is 1.68. The van der Waals surface area contributed by atoms with Crippen molar-refractivity contribution in [3.63, 3.8) is 0 Å². The summed E-state index contributed by atoms with van der Waals surface area (Å²) in [4.78, 5) is 8.63. The third-order valence-corrected chi connectivity index (χ3v) is 3.94. The monoisotopic (exact) mass is 256 g/mol. The lowest BCUT2D eigenvalue weighted by molar-refractivity contribution is 0.373. The first-order valence-corrected chi connectivity index (χ1v) is 7.07. The van der Waals surface area contributed by atoms with E-state index in [1.807, 2.05) is 18.2 Å². The fourth-order valence-electron chi connectivity index (χ4n) is 2.85. The molecule has 1 aliphatic rings. The molecule has 0 amide bonds. The van der Waals surface area contributed by atoms with E-state index in [9.17, 15) is 0 Å². The minimum absolute atomic E-state index is 0.753. The van der Waals surface area contributed by atoms with Crippen molar-refractivity contribution in [1.29, 1.82) is 0 Å². The molecule has 4 nitrogen and oxygen atoms in total. The number of nitrogens with two attached hydrogens (primary N) is 1. The number of fused-ring (bicyclic) bond motifs is 1. The van der Waals surface area contributed by atoms with Gasteiger partial charge >= 0.3 is 0 Å². The molecule has 1 aliphatic carbocycles. The van der Waals surface area contributed by atoms with Crippen molar-refractivity contribution in [1.82, 2.24) is 9.97 Å². The quantitative estimate of drug-likeness (QED) is 0.828. The van der Waals surface area contributed by atoms with E-state index in [4.69, 9.17) is 5.73 Å².